The lowest BCUT2D eigenvalue weighted by Gasteiger charge is -2.07. The van der Waals surface area contributed by atoms with E-state index < -0.39 is 11.9 Å². The maximum Gasteiger partial charge on any atom is 0.357 e. The summed E-state index contributed by atoms with van der Waals surface area (Å²) in [6.07, 6.45) is 1.49. The van der Waals surface area contributed by atoms with Gasteiger partial charge in [-0.05, 0) is 46.9 Å². The molecule has 0 spiro atoms. The third-order valence-electron chi connectivity index (χ3n) is 2.36. The number of esters is 1. The maximum absolute atomic E-state index is 11.7. The Morgan fingerprint density at radius 3 is 2.60 bits per heavy atom. The van der Waals surface area contributed by atoms with Crippen LogP contribution in [0.5, 0.6) is 0 Å². The van der Waals surface area contributed by atoms with E-state index in [9.17, 15) is 9.59 Å². The highest BCUT2D eigenvalue weighted by molar-refractivity contribution is 14.1. The van der Waals surface area contributed by atoms with Crippen molar-refractivity contribution >= 4 is 40.2 Å². The quantitative estimate of drug-likeness (QED) is 0.652. The van der Waals surface area contributed by atoms with E-state index in [1.807, 2.05) is 18.2 Å². The fraction of sp³-hybridized carbons (Fsp3) is 0.0714. The van der Waals surface area contributed by atoms with Crippen molar-refractivity contribution in [3.05, 3.63) is 57.9 Å². The molecule has 1 amide bonds. The SMILES string of the molecule is O=C(COC(=O)c1ccccn1)Nc1ccccc1I. The van der Waals surface area contributed by atoms with Crippen molar-refractivity contribution in [2.45, 2.75) is 0 Å². The van der Waals surface area contributed by atoms with Crippen LogP contribution in [-0.2, 0) is 9.53 Å². The molecule has 0 fully saturated rings. The van der Waals surface area contributed by atoms with Crippen LogP contribution in [0.4, 0.5) is 5.69 Å². The Labute approximate surface area is 129 Å². The Morgan fingerprint density at radius 1 is 1.15 bits per heavy atom. The number of carbonyl (C=O) groups is 2. The zero-order chi connectivity index (χ0) is 14.4. The minimum atomic E-state index is -0.622. The second kappa shape index (κ2) is 6.99. The molecule has 0 bridgehead atoms. The first-order chi connectivity index (χ1) is 9.66. The van der Waals surface area contributed by atoms with Gasteiger partial charge in [-0.3, -0.25) is 4.79 Å². The minimum Gasteiger partial charge on any atom is -0.451 e. The van der Waals surface area contributed by atoms with Gasteiger partial charge < -0.3 is 10.1 Å². The summed E-state index contributed by atoms with van der Waals surface area (Å²) in [7, 11) is 0. The van der Waals surface area contributed by atoms with Crippen LogP contribution in [0.25, 0.3) is 0 Å². The highest BCUT2D eigenvalue weighted by Gasteiger charge is 2.11. The molecule has 0 atom stereocenters. The van der Waals surface area contributed by atoms with Crippen molar-refractivity contribution in [1.29, 1.82) is 0 Å². The monoisotopic (exact) mass is 382 g/mol. The first kappa shape index (κ1) is 14.4. The second-order valence-electron chi connectivity index (χ2n) is 3.82. The molecule has 1 aromatic carbocycles. The van der Waals surface area contributed by atoms with Crippen LogP contribution in [0.1, 0.15) is 10.5 Å². The van der Waals surface area contributed by atoms with Crippen LogP contribution in [-0.4, -0.2) is 23.5 Å². The third kappa shape index (κ3) is 4.02. The molecule has 2 rings (SSSR count). The van der Waals surface area contributed by atoms with Crippen molar-refractivity contribution in [1.82, 2.24) is 4.98 Å². The van der Waals surface area contributed by atoms with Crippen molar-refractivity contribution in [3.63, 3.8) is 0 Å². The molecule has 0 radical (unpaired) electrons. The zero-order valence-corrected chi connectivity index (χ0v) is 12.5. The number of carbonyl (C=O) groups excluding carboxylic acids is 2. The van der Waals surface area contributed by atoms with Gasteiger partial charge in [-0.1, -0.05) is 18.2 Å². The number of nitrogens with one attached hydrogen (secondary N) is 1. The smallest absolute Gasteiger partial charge is 0.357 e. The van der Waals surface area contributed by atoms with Gasteiger partial charge in [-0.15, -0.1) is 0 Å². The van der Waals surface area contributed by atoms with E-state index in [1.54, 1.807) is 18.2 Å². The van der Waals surface area contributed by atoms with Gasteiger partial charge in [0.15, 0.2) is 6.61 Å². The van der Waals surface area contributed by atoms with E-state index >= 15 is 0 Å². The summed E-state index contributed by atoms with van der Waals surface area (Å²) < 4.78 is 5.80. The van der Waals surface area contributed by atoms with Gasteiger partial charge in [0, 0.05) is 9.77 Å². The summed E-state index contributed by atoms with van der Waals surface area (Å²) in [5.74, 6) is -1.01. The summed E-state index contributed by atoms with van der Waals surface area (Å²) in [6.45, 7) is -0.347. The van der Waals surface area contributed by atoms with Crippen LogP contribution in [0.15, 0.2) is 48.7 Å². The third-order valence-corrected chi connectivity index (χ3v) is 3.30. The predicted molar refractivity (Wildman–Crippen MR) is 82.3 cm³/mol. The molecule has 6 heteroatoms. The number of anilines is 1. The lowest BCUT2D eigenvalue weighted by atomic mass is 10.3. The molecule has 102 valence electrons. The van der Waals surface area contributed by atoms with Crippen LogP contribution in [0.3, 0.4) is 0 Å². The average Bonchev–Trinajstić information content (AvgIpc) is 2.48. The first-order valence-electron chi connectivity index (χ1n) is 5.79. The van der Waals surface area contributed by atoms with Gasteiger partial charge in [-0.25, -0.2) is 9.78 Å². The van der Waals surface area contributed by atoms with Gasteiger partial charge in [0.2, 0.25) is 0 Å². The molecule has 1 heterocycles. The Morgan fingerprint density at radius 2 is 1.90 bits per heavy atom. The number of amides is 1. The fourth-order valence-corrected chi connectivity index (χ4v) is 1.96. The summed E-state index contributed by atoms with van der Waals surface area (Å²) >= 11 is 2.11. The second-order valence-corrected chi connectivity index (χ2v) is 4.98. The molecular formula is C14H11IN2O3. The standard InChI is InChI=1S/C14H11IN2O3/c15-10-5-1-2-6-11(10)17-13(18)9-20-14(19)12-7-3-4-8-16-12/h1-8H,9H2,(H,17,18). The Hall–Kier alpha value is -1.96. The highest BCUT2D eigenvalue weighted by atomic mass is 127. The topological polar surface area (TPSA) is 68.3 Å². The number of ether oxygens (including phenoxy) is 1. The number of hydrogen-bond acceptors (Lipinski definition) is 4. The lowest BCUT2D eigenvalue weighted by Crippen LogP contribution is -2.21. The maximum atomic E-state index is 11.7. The van der Waals surface area contributed by atoms with Crippen LogP contribution < -0.4 is 5.32 Å². The molecule has 0 aliphatic rings. The molecule has 0 saturated carbocycles. The number of hydrogen-bond donors (Lipinski definition) is 1. The van der Waals surface area contributed by atoms with Crippen LogP contribution >= 0.6 is 22.6 Å². The number of para-hydroxylation sites is 1. The number of pyridine rings is 1. The van der Waals surface area contributed by atoms with E-state index in [1.165, 1.54) is 12.3 Å². The zero-order valence-electron chi connectivity index (χ0n) is 10.4. The first-order valence-corrected chi connectivity index (χ1v) is 6.87. The molecule has 1 aromatic heterocycles. The normalized spacial score (nSPS) is 9.85. The molecule has 20 heavy (non-hydrogen) atoms. The minimum absolute atomic E-state index is 0.176. The van der Waals surface area contributed by atoms with Gasteiger partial charge in [-0.2, -0.15) is 0 Å². The van der Waals surface area contributed by atoms with E-state index in [-0.39, 0.29) is 12.3 Å². The highest BCUT2D eigenvalue weighted by Crippen LogP contribution is 2.16. The largest absolute Gasteiger partial charge is 0.451 e. The molecule has 0 saturated heterocycles. The van der Waals surface area contributed by atoms with Crippen molar-refractivity contribution < 1.29 is 14.3 Å². The van der Waals surface area contributed by atoms with Crippen molar-refractivity contribution in [2.24, 2.45) is 0 Å². The average molecular weight is 382 g/mol. The number of benzene rings is 1. The molecule has 0 aliphatic heterocycles. The van der Waals surface area contributed by atoms with Crippen molar-refractivity contribution in [2.75, 3.05) is 11.9 Å². The molecule has 5 nitrogen and oxygen atoms in total. The van der Waals surface area contributed by atoms with E-state index in [4.69, 9.17) is 4.74 Å². The molecule has 1 N–H and O–H groups in total. The van der Waals surface area contributed by atoms with Gasteiger partial charge in [0.1, 0.15) is 5.69 Å². The predicted octanol–water partition coefficient (Wildman–Crippen LogP) is 2.48. The van der Waals surface area contributed by atoms with Gasteiger partial charge in [0.25, 0.3) is 5.91 Å². The van der Waals surface area contributed by atoms with Gasteiger partial charge >= 0.3 is 5.97 Å². The summed E-state index contributed by atoms with van der Waals surface area (Å²) in [5, 5.41) is 2.67. The molecule has 0 unspecified atom stereocenters. The molecule has 0 aliphatic carbocycles. The fourth-order valence-electron chi connectivity index (χ4n) is 1.44. The Kier molecular flexibility index (Phi) is 5.05. The van der Waals surface area contributed by atoms with Crippen molar-refractivity contribution in [3.8, 4) is 0 Å². The summed E-state index contributed by atoms with van der Waals surface area (Å²) in [5.41, 5.74) is 0.863. The van der Waals surface area contributed by atoms with E-state index in [0.717, 1.165) is 3.57 Å². The number of nitrogens with zero attached hydrogens (tertiary/aromatic N) is 1. The van der Waals surface area contributed by atoms with Crippen LogP contribution in [0.2, 0.25) is 0 Å². The Bertz CT molecular complexity index is 617. The molecular weight excluding hydrogens is 371 g/mol. The summed E-state index contributed by atoms with van der Waals surface area (Å²) in [4.78, 5) is 27.1. The molecule has 2 aromatic rings. The lowest BCUT2D eigenvalue weighted by molar-refractivity contribution is -0.119. The van der Waals surface area contributed by atoms with E-state index in [0.29, 0.717) is 5.69 Å². The van der Waals surface area contributed by atoms with Gasteiger partial charge in [0.05, 0.1) is 5.69 Å². The van der Waals surface area contributed by atoms with Crippen LogP contribution in [0, 0.1) is 3.57 Å². The Balaban J connectivity index is 1.87. The number of aromatic nitrogens is 1. The summed E-state index contributed by atoms with van der Waals surface area (Å²) in [6, 6.07) is 12.2. The number of halogens is 1. The number of rotatable bonds is 4. The van der Waals surface area contributed by atoms with E-state index in [2.05, 4.69) is 32.9 Å².